The topological polar surface area (TPSA) is 94.8 Å². The van der Waals surface area contributed by atoms with E-state index in [1.54, 1.807) is 36.4 Å². The van der Waals surface area contributed by atoms with Gasteiger partial charge in [0.15, 0.2) is 12.0 Å². The number of hydrogen-bond acceptors (Lipinski definition) is 6. The van der Waals surface area contributed by atoms with Crippen molar-refractivity contribution in [2.75, 3.05) is 11.9 Å². The molecular weight excluding hydrogens is 458 g/mol. The summed E-state index contributed by atoms with van der Waals surface area (Å²) in [5.41, 5.74) is 1.68. The molecule has 1 amide bonds. The van der Waals surface area contributed by atoms with E-state index < -0.39 is 5.97 Å². The number of carbonyl (C=O) groups excluding carboxylic acids is 2. The van der Waals surface area contributed by atoms with E-state index in [0.29, 0.717) is 39.3 Å². The third kappa shape index (κ3) is 4.81. The van der Waals surface area contributed by atoms with Gasteiger partial charge in [0.05, 0.1) is 10.9 Å². The Labute approximate surface area is 205 Å². The molecule has 0 atom stereocenters. The molecule has 1 heterocycles. The third-order valence-corrected chi connectivity index (χ3v) is 5.60. The maximum Gasteiger partial charge on any atom is 0.308 e. The van der Waals surface area contributed by atoms with Crippen LogP contribution in [0.4, 0.5) is 5.69 Å². The van der Waals surface area contributed by atoms with Crippen LogP contribution in [0.2, 0.25) is 0 Å². The SMILES string of the molecule is CC(=O)Oc1ccc2c(=O)c(-c3ccc(NC(=O)COc4cccc5ccccc45)cc3)coc2c1. The van der Waals surface area contributed by atoms with Crippen molar-refractivity contribution in [3.05, 3.63) is 101 Å². The Bertz CT molecular complexity index is 1650. The number of nitrogens with one attached hydrogen (secondary N) is 1. The van der Waals surface area contributed by atoms with Gasteiger partial charge in [-0.25, -0.2) is 0 Å². The summed E-state index contributed by atoms with van der Waals surface area (Å²) in [6.45, 7) is 1.16. The first kappa shape index (κ1) is 22.9. The molecule has 7 nitrogen and oxygen atoms in total. The Balaban J connectivity index is 1.28. The van der Waals surface area contributed by atoms with Crippen molar-refractivity contribution in [1.29, 1.82) is 0 Å². The molecule has 5 rings (SSSR count). The number of anilines is 1. The van der Waals surface area contributed by atoms with Crippen LogP contribution in [0.5, 0.6) is 11.5 Å². The fraction of sp³-hybridized carbons (Fsp3) is 0.0690. The van der Waals surface area contributed by atoms with Crippen LogP contribution in [0, 0.1) is 0 Å². The Morgan fingerprint density at radius 1 is 0.889 bits per heavy atom. The number of carbonyl (C=O) groups is 2. The predicted molar refractivity (Wildman–Crippen MR) is 137 cm³/mol. The average molecular weight is 479 g/mol. The second-order valence-corrected chi connectivity index (χ2v) is 8.12. The lowest BCUT2D eigenvalue weighted by atomic mass is 10.1. The van der Waals surface area contributed by atoms with E-state index in [2.05, 4.69) is 5.32 Å². The maximum atomic E-state index is 13.0. The number of fused-ring (bicyclic) bond motifs is 2. The molecule has 0 spiro atoms. The molecule has 0 aliphatic heterocycles. The van der Waals surface area contributed by atoms with Crippen molar-refractivity contribution < 1.29 is 23.5 Å². The molecule has 0 fully saturated rings. The molecule has 1 N–H and O–H groups in total. The standard InChI is InChI=1S/C29H21NO6/c1-18(31)36-22-13-14-24-27(15-22)34-16-25(29(24)33)20-9-11-21(12-10-20)30-28(32)17-35-26-8-4-6-19-5-2-3-7-23(19)26/h2-16H,17H2,1H3,(H,30,32). The van der Waals surface area contributed by atoms with E-state index in [-0.39, 0.29) is 17.9 Å². The maximum absolute atomic E-state index is 13.0. The summed E-state index contributed by atoms with van der Waals surface area (Å²) in [6.07, 6.45) is 1.37. The van der Waals surface area contributed by atoms with Gasteiger partial charge in [-0.3, -0.25) is 14.4 Å². The number of rotatable bonds is 6. The van der Waals surface area contributed by atoms with E-state index in [9.17, 15) is 14.4 Å². The minimum atomic E-state index is -0.458. The van der Waals surface area contributed by atoms with Gasteiger partial charge in [0, 0.05) is 24.1 Å². The number of amides is 1. The molecule has 4 aromatic carbocycles. The van der Waals surface area contributed by atoms with Crippen molar-refractivity contribution in [3.63, 3.8) is 0 Å². The van der Waals surface area contributed by atoms with Crippen LogP contribution in [-0.4, -0.2) is 18.5 Å². The lowest BCUT2D eigenvalue weighted by Gasteiger charge is -2.10. The molecule has 0 aliphatic carbocycles. The van der Waals surface area contributed by atoms with Gasteiger partial charge in [-0.2, -0.15) is 0 Å². The summed E-state index contributed by atoms with van der Waals surface area (Å²) in [4.78, 5) is 36.6. The quantitative estimate of drug-likeness (QED) is 0.253. The van der Waals surface area contributed by atoms with Gasteiger partial charge in [-0.15, -0.1) is 0 Å². The van der Waals surface area contributed by atoms with Gasteiger partial charge in [0.25, 0.3) is 5.91 Å². The highest BCUT2D eigenvalue weighted by molar-refractivity contribution is 5.93. The zero-order valence-corrected chi connectivity index (χ0v) is 19.3. The van der Waals surface area contributed by atoms with E-state index in [0.717, 1.165) is 10.8 Å². The molecule has 0 aliphatic rings. The zero-order valence-electron chi connectivity index (χ0n) is 19.3. The van der Waals surface area contributed by atoms with Crippen molar-refractivity contribution >= 4 is 39.3 Å². The van der Waals surface area contributed by atoms with Crippen LogP contribution in [0.1, 0.15) is 6.92 Å². The normalized spacial score (nSPS) is 10.8. The second-order valence-electron chi connectivity index (χ2n) is 8.12. The van der Waals surface area contributed by atoms with Gasteiger partial charge in [-0.05, 0) is 41.3 Å². The summed E-state index contributed by atoms with van der Waals surface area (Å²) in [7, 11) is 0. The largest absolute Gasteiger partial charge is 0.483 e. The predicted octanol–water partition coefficient (Wildman–Crippen LogP) is 5.56. The van der Waals surface area contributed by atoms with Crippen molar-refractivity contribution in [1.82, 2.24) is 0 Å². The number of benzene rings is 4. The highest BCUT2D eigenvalue weighted by Crippen LogP contribution is 2.26. The van der Waals surface area contributed by atoms with E-state index in [1.807, 2.05) is 42.5 Å². The molecule has 0 saturated heterocycles. The van der Waals surface area contributed by atoms with E-state index in [1.165, 1.54) is 19.3 Å². The lowest BCUT2D eigenvalue weighted by molar-refractivity contribution is -0.131. The van der Waals surface area contributed by atoms with Gasteiger partial charge in [-0.1, -0.05) is 48.5 Å². The van der Waals surface area contributed by atoms with Gasteiger partial charge >= 0.3 is 5.97 Å². The Morgan fingerprint density at radius 2 is 1.67 bits per heavy atom. The van der Waals surface area contributed by atoms with Crippen LogP contribution in [-0.2, 0) is 9.59 Å². The summed E-state index contributed by atoms with van der Waals surface area (Å²) >= 11 is 0. The molecule has 1 aromatic heterocycles. The Kier molecular flexibility index (Phi) is 6.19. The zero-order chi connectivity index (χ0) is 25.1. The summed E-state index contributed by atoms with van der Waals surface area (Å²) in [6, 6.07) is 25.0. The fourth-order valence-corrected chi connectivity index (χ4v) is 3.93. The first-order chi connectivity index (χ1) is 17.5. The van der Waals surface area contributed by atoms with Crippen LogP contribution < -0.4 is 20.2 Å². The first-order valence-corrected chi connectivity index (χ1v) is 11.2. The number of ether oxygens (including phenoxy) is 2. The third-order valence-electron chi connectivity index (χ3n) is 5.60. The van der Waals surface area contributed by atoms with E-state index in [4.69, 9.17) is 13.9 Å². The molecule has 0 unspecified atom stereocenters. The molecular formula is C29H21NO6. The summed E-state index contributed by atoms with van der Waals surface area (Å²) in [5.74, 6) is 0.183. The molecule has 36 heavy (non-hydrogen) atoms. The number of hydrogen-bond donors (Lipinski definition) is 1. The molecule has 7 heteroatoms. The van der Waals surface area contributed by atoms with Crippen LogP contribution >= 0.6 is 0 Å². The van der Waals surface area contributed by atoms with Crippen molar-refractivity contribution in [2.24, 2.45) is 0 Å². The van der Waals surface area contributed by atoms with Gasteiger partial charge in [0.1, 0.15) is 23.3 Å². The molecule has 0 bridgehead atoms. The molecule has 178 valence electrons. The smallest absolute Gasteiger partial charge is 0.308 e. The molecule has 0 radical (unpaired) electrons. The van der Waals surface area contributed by atoms with Crippen LogP contribution in [0.3, 0.4) is 0 Å². The fourth-order valence-electron chi connectivity index (χ4n) is 3.93. The van der Waals surface area contributed by atoms with Crippen molar-refractivity contribution in [3.8, 4) is 22.6 Å². The second kappa shape index (κ2) is 9.76. The monoisotopic (exact) mass is 479 g/mol. The van der Waals surface area contributed by atoms with Crippen LogP contribution in [0.25, 0.3) is 32.9 Å². The van der Waals surface area contributed by atoms with E-state index >= 15 is 0 Å². The summed E-state index contributed by atoms with van der Waals surface area (Å²) < 4.78 is 16.4. The highest BCUT2D eigenvalue weighted by Gasteiger charge is 2.12. The number of esters is 1. The first-order valence-electron chi connectivity index (χ1n) is 11.2. The van der Waals surface area contributed by atoms with Gasteiger partial charge in [0.2, 0.25) is 0 Å². The molecule has 0 saturated carbocycles. The van der Waals surface area contributed by atoms with Crippen molar-refractivity contribution in [2.45, 2.75) is 6.92 Å². The molecule has 5 aromatic rings. The van der Waals surface area contributed by atoms with Crippen LogP contribution in [0.15, 0.2) is 100 Å². The lowest BCUT2D eigenvalue weighted by Crippen LogP contribution is -2.20. The average Bonchev–Trinajstić information content (AvgIpc) is 2.88. The Hall–Kier alpha value is -4.91. The minimum absolute atomic E-state index is 0.140. The minimum Gasteiger partial charge on any atom is -0.483 e. The summed E-state index contributed by atoms with van der Waals surface area (Å²) in [5, 5.41) is 5.14. The highest BCUT2D eigenvalue weighted by atomic mass is 16.5. The Morgan fingerprint density at radius 3 is 2.47 bits per heavy atom. The van der Waals surface area contributed by atoms with Gasteiger partial charge < -0.3 is 19.2 Å².